The maximum absolute atomic E-state index is 13.2. The van der Waals surface area contributed by atoms with Crippen LogP contribution in [0.5, 0.6) is 0 Å². The molecule has 0 bridgehead atoms. The van der Waals surface area contributed by atoms with Gasteiger partial charge >= 0.3 is 0 Å². The number of rotatable bonds is 6. The molecular weight excluding hydrogens is 457 g/mol. The van der Waals surface area contributed by atoms with Crippen LogP contribution in [-0.4, -0.2) is 40.9 Å². The highest BCUT2D eigenvalue weighted by molar-refractivity contribution is 6.10. The molecule has 0 saturated carbocycles. The normalized spacial score (nSPS) is 11.4. The van der Waals surface area contributed by atoms with Gasteiger partial charge in [0.05, 0.1) is 17.2 Å². The number of carbonyl (C=O) groups excluding carboxylic acids is 1. The zero-order valence-electron chi connectivity index (χ0n) is 19.8. The minimum atomic E-state index is -0.421. The second-order valence-electron chi connectivity index (χ2n) is 8.50. The topological polar surface area (TPSA) is 101 Å². The van der Waals surface area contributed by atoms with E-state index in [4.69, 9.17) is 10.7 Å². The van der Waals surface area contributed by atoms with Crippen molar-refractivity contribution in [3.05, 3.63) is 95.3 Å². The Labute approximate surface area is 206 Å². The van der Waals surface area contributed by atoms with E-state index in [1.807, 2.05) is 67.5 Å². The molecule has 0 radical (unpaired) electrons. The van der Waals surface area contributed by atoms with Gasteiger partial charge in [0.1, 0.15) is 22.7 Å². The van der Waals surface area contributed by atoms with Gasteiger partial charge < -0.3 is 16.0 Å². The first-order valence-corrected chi connectivity index (χ1v) is 11.3. The van der Waals surface area contributed by atoms with Crippen molar-refractivity contribution in [1.29, 1.82) is 0 Å². The standard InChI is InChI=1S/C27H24FN7O/c1-34(2)20-13-9-18(10-14-20)16-31-35-25(29)23(27(36)30-15-17-7-11-19(28)12-8-17)24-26(35)33-22-6-4-3-5-21(22)32-24/h3-14,16H,15,29H2,1-2H3,(H,30,36)/b31-16+. The van der Waals surface area contributed by atoms with Crippen LogP contribution in [0.4, 0.5) is 15.9 Å². The third-order valence-corrected chi connectivity index (χ3v) is 5.80. The molecule has 5 rings (SSSR count). The number of carbonyl (C=O) groups is 1. The minimum Gasteiger partial charge on any atom is -0.383 e. The van der Waals surface area contributed by atoms with Crippen LogP contribution in [0, 0.1) is 5.82 Å². The van der Waals surface area contributed by atoms with Gasteiger partial charge in [-0.25, -0.2) is 14.4 Å². The van der Waals surface area contributed by atoms with Crippen LogP contribution in [0.25, 0.3) is 22.2 Å². The largest absolute Gasteiger partial charge is 0.383 e. The molecule has 5 aromatic rings. The van der Waals surface area contributed by atoms with Crippen LogP contribution in [0.3, 0.4) is 0 Å². The van der Waals surface area contributed by atoms with E-state index in [0.717, 1.165) is 16.8 Å². The molecule has 36 heavy (non-hydrogen) atoms. The van der Waals surface area contributed by atoms with Crippen molar-refractivity contribution in [3.8, 4) is 0 Å². The van der Waals surface area contributed by atoms with E-state index in [9.17, 15) is 9.18 Å². The van der Waals surface area contributed by atoms with E-state index in [1.165, 1.54) is 16.8 Å². The minimum absolute atomic E-state index is 0.123. The number of para-hydroxylation sites is 2. The predicted octanol–water partition coefficient (Wildman–Crippen LogP) is 4.18. The Morgan fingerprint density at radius 1 is 1.03 bits per heavy atom. The fourth-order valence-electron chi connectivity index (χ4n) is 3.84. The number of halogens is 1. The fraction of sp³-hybridized carbons (Fsp3) is 0.111. The summed E-state index contributed by atoms with van der Waals surface area (Å²) in [5.41, 5.74) is 11.3. The van der Waals surface area contributed by atoms with Crippen LogP contribution in [-0.2, 0) is 6.54 Å². The summed E-state index contributed by atoms with van der Waals surface area (Å²) in [6.45, 7) is 0.202. The van der Waals surface area contributed by atoms with E-state index in [1.54, 1.807) is 18.3 Å². The first-order valence-electron chi connectivity index (χ1n) is 11.3. The molecule has 0 aliphatic heterocycles. The lowest BCUT2D eigenvalue weighted by molar-refractivity contribution is 0.0953. The van der Waals surface area contributed by atoms with Crippen LogP contribution in [0.2, 0.25) is 0 Å². The van der Waals surface area contributed by atoms with Crippen LogP contribution < -0.4 is 16.0 Å². The highest BCUT2D eigenvalue weighted by Gasteiger charge is 2.24. The molecule has 0 aliphatic rings. The third-order valence-electron chi connectivity index (χ3n) is 5.80. The summed E-state index contributed by atoms with van der Waals surface area (Å²) in [5.74, 6) is -0.637. The molecule has 8 nitrogen and oxygen atoms in total. The van der Waals surface area contributed by atoms with Gasteiger partial charge in [-0.05, 0) is 47.5 Å². The second kappa shape index (κ2) is 9.46. The molecule has 0 saturated heterocycles. The maximum atomic E-state index is 13.2. The number of aromatic nitrogens is 3. The van der Waals surface area contributed by atoms with Crippen molar-refractivity contribution >= 4 is 45.8 Å². The molecule has 3 aromatic carbocycles. The molecule has 0 aliphatic carbocycles. The van der Waals surface area contributed by atoms with Gasteiger partial charge in [0.25, 0.3) is 5.91 Å². The Bertz CT molecular complexity index is 1590. The van der Waals surface area contributed by atoms with Crippen LogP contribution in [0.15, 0.2) is 77.9 Å². The van der Waals surface area contributed by atoms with Crippen molar-refractivity contribution in [2.24, 2.45) is 5.10 Å². The Balaban J connectivity index is 1.55. The molecule has 9 heteroatoms. The Kier molecular flexibility index (Phi) is 6.03. The summed E-state index contributed by atoms with van der Waals surface area (Å²) >= 11 is 0. The van der Waals surface area contributed by atoms with Crippen molar-refractivity contribution in [2.45, 2.75) is 6.54 Å². The van der Waals surface area contributed by atoms with Gasteiger partial charge in [-0.1, -0.05) is 36.4 Å². The molecule has 180 valence electrons. The molecular formula is C27H24FN7O. The summed E-state index contributed by atoms with van der Waals surface area (Å²) in [7, 11) is 3.95. The lowest BCUT2D eigenvalue weighted by atomic mass is 10.2. The molecule has 0 atom stereocenters. The monoisotopic (exact) mass is 481 g/mol. The first-order chi connectivity index (χ1) is 17.4. The van der Waals surface area contributed by atoms with Crippen LogP contribution in [0.1, 0.15) is 21.5 Å². The number of hydrogen-bond acceptors (Lipinski definition) is 6. The molecule has 3 N–H and O–H groups in total. The number of amides is 1. The number of nitrogens with two attached hydrogens (primary N) is 1. The highest BCUT2D eigenvalue weighted by atomic mass is 19.1. The maximum Gasteiger partial charge on any atom is 0.257 e. The first kappa shape index (κ1) is 23.0. The number of benzene rings is 3. The Morgan fingerprint density at radius 3 is 2.36 bits per heavy atom. The number of nitrogen functional groups attached to an aromatic ring is 1. The quantitative estimate of drug-likeness (QED) is 0.354. The molecule has 2 heterocycles. The summed E-state index contributed by atoms with van der Waals surface area (Å²) in [6.07, 6.45) is 1.66. The van der Waals surface area contributed by atoms with E-state index in [-0.39, 0.29) is 23.7 Å². The summed E-state index contributed by atoms with van der Waals surface area (Å²) in [4.78, 5) is 24.6. The smallest absolute Gasteiger partial charge is 0.257 e. The van der Waals surface area contributed by atoms with Crippen LogP contribution >= 0.6 is 0 Å². The zero-order valence-corrected chi connectivity index (χ0v) is 19.8. The zero-order chi connectivity index (χ0) is 25.2. The van der Waals surface area contributed by atoms with Crippen molar-refractivity contribution in [3.63, 3.8) is 0 Å². The molecule has 1 amide bonds. The predicted molar refractivity (Wildman–Crippen MR) is 141 cm³/mol. The lowest BCUT2D eigenvalue weighted by Crippen LogP contribution is -2.23. The van der Waals surface area contributed by atoms with Gasteiger partial charge in [-0.3, -0.25) is 4.79 Å². The summed E-state index contributed by atoms with van der Waals surface area (Å²) in [6, 6.07) is 21.2. The SMILES string of the molecule is CN(C)c1ccc(/C=N/n2c(N)c(C(=O)NCc3ccc(F)cc3)c3nc4ccccc4nc32)cc1. The number of hydrogen-bond donors (Lipinski definition) is 2. The molecule has 2 aromatic heterocycles. The van der Waals surface area contributed by atoms with Crippen molar-refractivity contribution in [1.82, 2.24) is 20.0 Å². The number of nitrogens with zero attached hydrogens (tertiary/aromatic N) is 5. The van der Waals surface area contributed by atoms with Gasteiger partial charge in [-0.2, -0.15) is 9.78 Å². The average molecular weight is 482 g/mol. The lowest BCUT2D eigenvalue weighted by Gasteiger charge is -2.11. The van der Waals surface area contributed by atoms with Crippen molar-refractivity contribution < 1.29 is 9.18 Å². The molecule has 0 spiro atoms. The highest BCUT2D eigenvalue weighted by Crippen LogP contribution is 2.28. The molecule has 0 fully saturated rings. The Morgan fingerprint density at radius 2 is 1.69 bits per heavy atom. The summed E-state index contributed by atoms with van der Waals surface area (Å²) < 4.78 is 14.7. The fourth-order valence-corrected chi connectivity index (χ4v) is 3.84. The van der Waals surface area contributed by atoms with Gasteiger partial charge in [0.2, 0.25) is 0 Å². The summed E-state index contributed by atoms with van der Waals surface area (Å²) in [5, 5.41) is 7.39. The van der Waals surface area contributed by atoms with E-state index < -0.39 is 5.91 Å². The van der Waals surface area contributed by atoms with E-state index in [2.05, 4.69) is 15.4 Å². The van der Waals surface area contributed by atoms with Gasteiger partial charge in [-0.15, -0.1) is 0 Å². The van der Waals surface area contributed by atoms with E-state index in [0.29, 0.717) is 22.2 Å². The second-order valence-corrected chi connectivity index (χ2v) is 8.50. The number of nitrogens with one attached hydrogen (secondary N) is 1. The number of fused-ring (bicyclic) bond motifs is 2. The average Bonchev–Trinajstić information content (AvgIpc) is 3.15. The Hall–Kier alpha value is -4.79. The number of anilines is 2. The van der Waals surface area contributed by atoms with E-state index >= 15 is 0 Å². The third kappa shape index (κ3) is 4.46. The molecule has 0 unspecified atom stereocenters. The van der Waals surface area contributed by atoms with Gasteiger partial charge in [0.15, 0.2) is 5.65 Å². The van der Waals surface area contributed by atoms with Gasteiger partial charge in [0, 0.05) is 26.3 Å². The van der Waals surface area contributed by atoms with Crippen molar-refractivity contribution in [2.75, 3.05) is 24.7 Å².